The molecule has 1 saturated heterocycles. The molecular formula is C21H22O4. The Morgan fingerprint density at radius 1 is 1.12 bits per heavy atom. The SMILES string of the molecule is C[C@H](OCc1ccccc1)[C@@H]1OC[C@@H]2C1=CC[C@@H]1C(=O)C=CC(=O)[C@@H]12. The molecule has 25 heavy (non-hydrogen) atoms. The molecule has 0 amide bonds. The molecule has 5 atom stereocenters. The average Bonchev–Trinajstić information content (AvgIpc) is 3.07. The highest BCUT2D eigenvalue weighted by Gasteiger charge is 2.49. The van der Waals surface area contributed by atoms with Crippen LogP contribution >= 0.6 is 0 Å². The number of carbonyl (C=O) groups excluding carboxylic acids is 2. The summed E-state index contributed by atoms with van der Waals surface area (Å²) >= 11 is 0. The molecule has 3 aliphatic rings. The first-order valence-corrected chi connectivity index (χ1v) is 8.88. The molecule has 130 valence electrons. The smallest absolute Gasteiger partial charge is 0.160 e. The van der Waals surface area contributed by atoms with Gasteiger partial charge in [-0.15, -0.1) is 0 Å². The van der Waals surface area contributed by atoms with Crippen LogP contribution in [0.15, 0.2) is 54.1 Å². The van der Waals surface area contributed by atoms with Crippen molar-refractivity contribution in [1.82, 2.24) is 0 Å². The van der Waals surface area contributed by atoms with Gasteiger partial charge in [-0.3, -0.25) is 9.59 Å². The Morgan fingerprint density at radius 2 is 1.88 bits per heavy atom. The largest absolute Gasteiger partial charge is 0.371 e. The van der Waals surface area contributed by atoms with E-state index in [1.807, 2.05) is 37.3 Å². The summed E-state index contributed by atoms with van der Waals surface area (Å²) in [6, 6.07) is 10.0. The van der Waals surface area contributed by atoms with Gasteiger partial charge in [0, 0.05) is 17.8 Å². The topological polar surface area (TPSA) is 52.6 Å². The lowest BCUT2D eigenvalue weighted by atomic mass is 9.66. The lowest BCUT2D eigenvalue weighted by molar-refractivity contribution is -0.130. The molecule has 0 saturated carbocycles. The number of rotatable bonds is 4. The molecule has 4 heteroatoms. The number of benzene rings is 1. The Bertz CT molecular complexity index is 734. The molecule has 0 bridgehead atoms. The van der Waals surface area contributed by atoms with E-state index < -0.39 is 0 Å². The van der Waals surface area contributed by atoms with E-state index in [1.165, 1.54) is 12.2 Å². The molecule has 0 aromatic heterocycles. The second-order valence-corrected chi connectivity index (χ2v) is 7.07. The van der Waals surface area contributed by atoms with Gasteiger partial charge in [-0.25, -0.2) is 0 Å². The summed E-state index contributed by atoms with van der Waals surface area (Å²) in [6.07, 6.45) is 5.37. The van der Waals surface area contributed by atoms with Crippen LogP contribution in [0.5, 0.6) is 0 Å². The molecule has 0 spiro atoms. The third-order valence-corrected chi connectivity index (χ3v) is 5.57. The Morgan fingerprint density at radius 3 is 2.68 bits per heavy atom. The summed E-state index contributed by atoms with van der Waals surface area (Å²) in [6.45, 7) is 3.03. The van der Waals surface area contributed by atoms with Crippen LogP contribution in [0.2, 0.25) is 0 Å². The molecule has 1 aromatic carbocycles. The van der Waals surface area contributed by atoms with Gasteiger partial charge in [0.25, 0.3) is 0 Å². The van der Waals surface area contributed by atoms with Crippen molar-refractivity contribution in [2.24, 2.45) is 17.8 Å². The van der Waals surface area contributed by atoms with Gasteiger partial charge in [-0.05, 0) is 36.6 Å². The van der Waals surface area contributed by atoms with Gasteiger partial charge >= 0.3 is 0 Å². The summed E-state index contributed by atoms with van der Waals surface area (Å²) in [5.74, 6) is -0.343. The third-order valence-electron chi connectivity index (χ3n) is 5.57. The van der Waals surface area contributed by atoms with Crippen LogP contribution < -0.4 is 0 Å². The standard InChI is InChI=1S/C21H22O4/c1-13(24-11-14-5-3-2-4-6-14)21-15-7-8-16-18(22)9-10-19(23)20(16)17(15)12-25-21/h2-7,9-10,13,16-17,20-21H,8,11-12H2,1H3/t13-,16+,17+,20-,21-/m0/s1. The van der Waals surface area contributed by atoms with E-state index in [9.17, 15) is 9.59 Å². The molecule has 1 aromatic rings. The van der Waals surface area contributed by atoms with E-state index in [0.29, 0.717) is 19.6 Å². The van der Waals surface area contributed by atoms with E-state index in [4.69, 9.17) is 9.47 Å². The van der Waals surface area contributed by atoms with Crippen molar-refractivity contribution in [3.05, 3.63) is 59.7 Å². The highest BCUT2D eigenvalue weighted by Crippen LogP contribution is 2.44. The summed E-state index contributed by atoms with van der Waals surface area (Å²) in [4.78, 5) is 24.5. The highest BCUT2D eigenvalue weighted by molar-refractivity contribution is 6.07. The maximum atomic E-state index is 12.4. The first-order valence-electron chi connectivity index (χ1n) is 8.88. The number of carbonyl (C=O) groups is 2. The summed E-state index contributed by atoms with van der Waals surface area (Å²) in [7, 11) is 0. The number of hydrogen-bond donors (Lipinski definition) is 0. The number of ketones is 2. The van der Waals surface area contributed by atoms with Gasteiger partial charge in [0.2, 0.25) is 0 Å². The predicted octanol–water partition coefficient (Wildman–Crippen LogP) is 2.88. The van der Waals surface area contributed by atoms with E-state index in [0.717, 1.165) is 11.1 Å². The van der Waals surface area contributed by atoms with Gasteiger partial charge in [-0.2, -0.15) is 0 Å². The second-order valence-electron chi connectivity index (χ2n) is 7.07. The Kier molecular flexibility index (Phi) is 4.40. The fraction of sp³-hybridized carbons (Fsp3) is 0.429. The minimum Gasteiger partial charge on any atom is -0.371 e. The normalized spacial score (nSPS) is 32.1. The second kappa shape index (κ2) is 6.70. The minimum absolute atomic E-state index is 0.00734. The lowest BCUT2D eigenvalue weighted by Gasteiger charge is -2.35. The van der Waals surface area contributed by atoms with Gasteiger partial charge in [-0.1, -0.05) is 36.4 Å². The molecular weight excluding hydrogens is 316 g/mol. The van der Waals surface area contributed by atoms with Crippen LogP contribution in [0, 0.1) is 17.8 Å². The van der Waals surface area contributed by atoms with Crippen molar-refractivity contribution in [2.75, 3.05) is 6.61 Å². The maximum absolute atomic E-state index is 12.4. The fourth-order valence-electron chi connectivity index (χ4n) is 4.26. The van der Waals surface area contributed by atoms with Crippen molar-refractivity contribution in [3.63, 3.8) is 0 Å². The van der Waals surface area contributed by atoms with Gasteiger partial charge < -0.3 is 9.47 Å². The number of fused-ring (bicyclic) bond motifs is 3. The summed E-state index contributed by atoms with van der Waals surface area (Å²) in [5.41, 5.74) is 2.26. The molecule has 0 radical (unpaired) electrons. The summed E-state index contributed by atoms with van der Waals surface area (Å²) in [5, 5.41) is 0. The van der Waals surface area contributed by atoms with Crippen LogP contribution in [0.3, 0.4) is 0 Å². The highest BCUT2D eigenvalue weighted by atomic mass is 16.5. The van der Waals surface area contributed by atoms with E-state index in [2.05, 4.69) is 6.08 Å². The molecule has 1 fully saturated rings. The van der Waals surface area contributed by atoms with Gasteiger partial charge in [0.1, 0.15) is 6.10 Å². The number of hydrogen-bond acceptors (Lipinski definition) is 4. The minimum atomic E-state index is -0.260. The zero-order valence-corrected chi connectivity index (χ0v) is 14.3. The zero-order chi connectivity index (χ0) is 17.4. The van der Waals surface area contributed by atoms with Crippen LogP contribution in [-0.4, -0.2) is 30.4 Å². The molecule has 0 unspecified atom stereocenters. The molecule has 4 nitrogen and oxygen atoms in total. The summed E-state index contributed by atoms with van der Waals surface area (Å²) < 4.78 is 12.0. The predicted molar refractivity (Wildman–Crippen MR) is 92.8 cm³/mol. The molecule has 1 heterocycles. The first kappa shape index (κ1) is 16.4. The maximum Gasteiger partial charge on any atom is 0.160 e. The van der Waals surface area contributed by atoms with Gasteiger partial charge in [0.05, 0.1) is 19.3 Å². The molecule has 0 N–H and O–H groups in total. The Labute approximate surface area is 147 Å². The van der Waals surface area contributed by atoms with Gasteiger partial charge in [0.15, 0.2) is 11.6 Å². The van der Waals surface area contributed by atoms with Crippen molar-refractivity contribution >= 4 is 11.6 Å². The van der Waals surface area contributed by atoms with E-state index in [1.54, 1.807) is 0 Å². The Balaban J connectivity index is 1.47. The first-order chi connectivity index (χ1) is 12.1. The monoisotopic (exact) mass is 338 g/mol. The third kappa shape index (κ3) is 3.00. The average molecular weight is 338 g/mol. The fourth-order valence-corrected chi connectivity index (χ4v) is 4.26. The quantitative estimate of drug-likeness (QED) is 0.792. The Hall–Kier alpha value is -2.04. The van der Waals surface area contributed by atoms with Crippen LogP contribution in [-0.2, 0) is 25.7 Å². The van der Waals surface area contributed by atoms with Crippen molar-refractivity contribution in [3.8, 4) is 0 Å². The van der Waals surface area contributed by atoms with Crippen molar-refractivity contribution < 1.29 is 19.1 Å². The van der Waals surface area contributed by atoms with Crippen LogP contribution in [0.25, 0.3) is 0 Å². The number of allylic oxidation sites excluding steroid dienone is 3. The van der Waals surface area contributed by atoms with E-state index in [-0.39, 0.29) is 41.5 Å². The van der Waals surface area contributed by atoms with E-state index >= 15 is 0 Å². The molecule has 1 aliphatic heterocycles. The van der Waals surface area contributed by atoms with Crippen LogP contribution in [0.1, 0.15) is 18.9 Å². The lowest BCUT2D eigenvalue weighted by Crippen LogP contribution is -2.41. The van der Waals surface area contributed by atoms with Crippen LogP contribution in [0.4, 0.5) is 0 Å². The zero-order valence-electron chi connectivity index (χ0n) is 14.3. The number of ether oxygens (including phenoxy) is 2. The van der Waals surface area contributed by atoms with Crippen molar-refractivity contribution in [1.29, 1.82) is 0 Å². The molecule has 2 aliphatic carbocycles. The molecule has 4 rings (SSSR count). The van der Waals surface area contributed by atoms with Crippen molar-refractivity contribution in [2.45, 2.75) is 32.2 Å².